The lowest BCUT2D eigenvalue weighted by Crippen LogP contribution is -2.39. The Bertz CT molecular complexity index is 1010. The van der Waals surface area contributed by atoms with Crippen molar-refractivity contribution in [3.63, 3.8) is 0 Å². The molecule has 0 spiro atoms. The first-order chi connectivity index (χ1) is 14.1. The normalized spacial score (nSPS) is 16.2. The van der Waals surface area contributed by atoms with E-state index in [4.69, 9.17) is 10.3 Å². The second-order valence-electron chi connectivity index (χ2n) is 7.00. The monoisotopic (exact) mass is 455 g/mol. The molecule has 3 N–H and O–H groups in total. The number of amides is 2. The summed E-state index contributed by atoms with van der Waals surface area (Å²) < 4.78 is 6.45. The molecule has 7 nitrogen and oxygen atoms in total. The minimum absolute atomic E-state index is 0.132. The first-order valence-electron chi connectivity index (χ1n) is 9.56. The van der Waals surface area contributed by atoms with Crippen LogP contribution in [-0.2, 0) is 13.1 Å². The predicted molar refractivity (Wildman–Crippen MR) is 113 cm³/mol. The van der Waals surface area contributed by atoms with Gasteiger partial charge in [-0.3, -0.25) is 0 Å². The van der Waals surface area contributed by atoms with Crippen molar-refractivity contribution >= 4 is 22.0 Å². The van der Waals surface area contributed by atoms with Crippen molar-refractivity contribution in [1.82, 2.24) is 20.4 Å². The fraction of sp³-hybridized carbons (Fsp3) is 0.286. The number of hydrogen-bond acceptors (Lipinski definition) is 5. The zero-order chi connectivity index (χ0) is 20.2. The van der Waals surface area contributed by atoms with E-state index in [1.807, 2.05) is 48.5 Å². The summed E-state index contributed by atoms with van der Waals surface area (Å²) in [5.74, 6) is 0.991. The summed E-state index contributed by atoms with van der Waals surface area (Å²) in [7, 11) is 0. The number of halogens is 1. The molecule has 1 unspecified atom stereocenters. The molecule has 4 rings (SSSR count). The molecule has 29 heavy (non-hydrogen) atoms. The standard InChI is InChI=1S/C21H22BrN5O2/c22-17-7-2-6-16(11-17)19-25-20(29-26-19)18-8-3-9-27(18)21(28)24-13-15-5-1-4-14(10-15)12-23/h1-2,4-7,10-11,18H,3,8-9,12-13,23H2,(H,24,28). The molecule has 0 saturated carbocycles. The Balaban J connectivity index is 1.44. The van der Waals surface area contributed by atoms with E-state index < -0.39 is 0 Å². The highest BCUT2D eigenvalue weighted by Gasteiger charge is 2.34. The van der Waals surface area contributed by atoms with Crippen molar-refractivity contribution in [2.75, 3.05) is 6.54 Å². The second-order valence-corrected chi connectivity index (χ2v) is 7.92. The van der Waals surface area contributed by atoms with Crippen molar-refractivity contribution in [2.45, 2.75) is 32.0 Å². The Morgan fingerprint density at radius 3 is 2.90 bits per heavy atom. The van der Waals surface area contributed by atoms with Crippen LogP contribution < -0.4 is 11.1 Å². The third kappa shape index (κ3) is 4.49. The maximum Gasteiger partial charge on any atom is 0.318 e. The molecular weight excluding hydrogens is 434 g/mol. The summed E-state index contributed by atoms with van der Waals surface area (Å²) in [6.07, 6.45) is 1.70. The zero-order valence-electron chi connectivity index (χ0n) is 15.8. The van der Waals surface area contributed by atoms with Gasteiger partial charge in [0.05, 0.1) is 0 Å². The molecule has 1 aliphatic heterocycles. The zero-order valence-corrected chi connectivity index (χ0v) is 17.4. The molecule has 2 amide bonds. The highest BCUT2D eigenvalue weighted by Crippen LogP contribution is 2.32. The van der Waals surface area contributed by atoms with Crippen molar-refractivity contribution in [2.24, 2.45) is 5.73 Å². The molecule has 2 aromatic carbocycles. The van der Waals surface area contributed by atoms with E-state index in [2.05, 4.69) is 31.4 Å². The van der Waals surface area contributed by atoms with Gasteiger partial charge in [0, 0.05) is 29.7 Å². The van der Waals surface area contributed by atoms with E-state index in [0.29, 0.717) is 31.3 Å². The van der Waals surface area contributed by atoms with Crippen molar-refractivity contribution in [3.8, 4) is 11.4 Å². The summed E-state index contributed by atoms with van der Waals surface area (Å²) in [4.78, 5) is 19.1. The molecule has 2 heterocycles. The van der Waals surface area contributed by atoms with Crippen molar-refractivity contribution in [3.05, 3.63) is 70.0 Å². The number of nitrogens with one attached hydrogen (secondary N) is 1. The Labute approximate surface area is 177 Å². The molecule has 3 aromatic rings. The molecule has 1 fully saturated rings. The van der Waals surface area contributed by atoms with Crippen LogP contribution in [0.15, 0.2) is 57.5 Å². The second kappa shape index (κ2) is 8.75. The Morgan fingerprint density at radius 2 is 2.07 bits per heavy atom. The summed E-state index contributed by atoms with van der Waals surface area (Å²) in [5.41, 5.74) is 8.62. The van der Waals surface area contributed by atoms with Gasteiger partial charge in [-0.1, -0.05) is 57.5 Å². The average molecular weight is 456 g/mol. The number of rotatable bonds is 5. The maximum absolute atomic E-state index is 12.8. The van der Waals surface area contributed by atoms with Crippen LogP contribution in [0.25, 0.3) is 11.4 Å². The lowest BCUT2D eigenvalue weighted by Gasteiger charge is -2.22. The molecule has 0 aliphatic carbocycles. The largest absolute Gasteiger partial charge is 0.337 e. The number of urea groups is 1. The molecule has 1 aromatic heterocycles. The lowest BCUT2D eigenvalue weighted by molar-refractivity contribution is 0.180. The molecule has 1 saturated heterocycles. The third-order valence-electron chi connectivity index (χ3n) is 4.99. The summed E-state index contributed by atoms with van der Waals surface area (Å²) in [5, 5.41) is 7.09. The number of aromatic nitrogens is 2. The first-order valence-corrected chi connectivity index (χ1v) is 10.4. The minimum atomic E-state index is -0.209. The van der Waals surface area contributed by atoms with Gasteiger partial charge in [0.25, 0.3) is 0 Å². The predicted octanol–water partition coefficient (Wildman–Crippen LogP) is 4.00. The molecule has 1 atom stereocenters. The van der Waals surface area contributed by atoms with E-state index in [-0.39, 0.29) is 12.1 Å². The van der Waals surface area contributed by atoms with Crippen molar-refractivity contribution in [1.29, 1.82) is 0 Å². The number of likely N-dealkylation sites (tertiary alicyclic amines) is 1. The Hall–Kier alpha value is -2.71. The lowest BCUT2D eigenvalue weighted by atomic mass is 10.1. The van der Waals surface area contributed by atoms with Gasteiger partial charge < -0.3 is 20.5 Å². The SMILES string of the molecule is NCc1cccc(CNC(=O)N2CCCC2c2nc(-c3cccc(Br)c3)no2)c1. The van der Waals surface area contributed by atoms with Gasteiger partial charge in [-0.25, -0.2) is 4.79 Å². The van der Waals surface area contributed by atoms with Crippen LogP contribution in [-0.4, -0.2) is 27.6 Å². The number of hydrogen-bond donors (Lipinski definition) is 2. The van der Waals surface area contributed by atoms with Gasteiger partial charge in [-0.05, 0) is 36.1 Å². The number of benzene rings is 2. The van der Waals surface area contributed by atoms with Gasteiger partial charge in [-0.2, -0.15) is 4.98 Å². The van der Waals surface area contributed by atoms with E-state index in [1.165, 1.54) is 0 Å². The quantitative estimate of drug-likeness (QED) is 0.605. The van der Waals surface area contributed by atoms with E-state index in [9.17, 15) is 4.79 Å². The number of nitrogens with two attached hydrogens (primary N) is 1. The fourth-order valence-corrected chi connectivity index (χ4v) is 3.93. The van der Waals surface area contributed by atoms with Crippen LogP contribution in [0, 0.1) is 0 Å². The van der Waals surface area contributed by atoms with Crippen LogP contribution in [0.3, 0.4) is 0 Å². The van der Waals surface area contributed by atoms with Crippen LogP contribution in [0.1, 0.15) is 35.9 Å². The Morgan fingerprint density at radius 1 is 1.24 bits per heavy atom. The summed E-state index contributed by atoms with van der Waals surface area (Å²) in [6.45, 7) is 1.59. The van der Waals surface area contributed by atoms with Crippen LogP contribution in [0.4, 0.5) is 4.79 Å². The van der Waals surface area contributed by atoms with Crippen LogP contribution in [0.5, 0.6) is 0 Å². The van der Waals surface area contributed by atoms with Gasteiger partial charge in [0.2, 0.25) is 11.7 Å². The smallest absolute Gasteiger partial charge is 0.318 e. The number of carbonyl (C=O) groups is 1. The molecule has 0 radical (unpaired) electrons. The van der Waals surface area contributed by atoms with E-state index in [0.717, 1.165) is 34.0 Å². The molecular formula is C21H22BrN5O2. The highest BCUT2D eigenvalue weighted by atomic mass is 79.9. The van der Waals surface area contributed by atoms with Crippen molar-refractivity contribution < 1.29 is 9.32 Å². The molecule has 0 bridgehead atoms. The fourth-order valence-electron chi connectivity index (χ4n) is 3.53. The minimum Gasteiger partial charge on any atom is -0.337 e. The van der Waals surface area contributed by atoms with Gasteiger partial charge in [0.15, 0.2) is 0 Å². The van der Waals surface area contributed by atoms with E-state index >= 15 is 0 Å². The highest BCUT2D eigenvalue weighted by molar-refractivity contribution is 9.10. The third-order valence-corrected chi connectivity index (χ3v) is 5.49. The summed E-state index contributed by atoms with van der Waals surface area (Å²) in [6, 6.07) is 15.3. The number of nitrogens with zero attached hydrogens (tertiary/aromatic N) is 3. The molecule has 8 heteroatoms. The van der Waals surface area contributed by atoms with Crippen LogP contribution in [0.2, 0.25) is 0 Å². The maximum atomic E-state index is 12.8. The molecule has 150 valence electrons. The first kappa shape index (κ1) is 19.6. The van der Waals surface area contributed by atoms with Gasteiger partial charge in [-0.15, -0.1) is 0 Å². The van der Waals surface area contributed by atoms with Gasteiger partial charge in [0.1, 0.15) is 6.04 Å². The topological polar surface area (TPSA) is 97.3 Å². The Kier molecular flexibility index (Phi) is 5.92. The van der Waals surface area contributed by atoms with Gasteiger partial charge >= 0.3 is 6.03 Å². The molecule has 1 aliphatic rings. The average Bonchev–Trinajstić information content (AvgIpc) is 3.41. The van der Waals surface area contributed by atoms with Crippen LogP contribution >= 0.6 is 15.9 Å². The summed E-state index contributed by atoms with van der Waals surface area (Å²) >= 11 is 3.45. The van der Waals surface area contributed by atoms with E-state index in [1.54, 1.807) is 4.90 Å². The number of carbonyl (C=O) groups excluding carboxylic acids is 1.